The lowest BCUT2D eigenvalue weighted by molar-refractivity contribution is 1.19. The summed E-state index contributed by atoms with van der Waals surface area (Å²) in [5.74, 6) is 0. The highest BCUT2D eigenvalue weighted by molar-refractivity contribution is 5.69. The average molecular weight is 273 g/mol. The van der Waals surface area contributed by atoms with Crippen molar-refractivity contribution in [2.24, 2.45) is 0 Å². The van der Waals surface area contributed by atoms with Gasteiger partial charge in [-0.15, -0.1) is 0 Å². The van der Waals surface area contributed by atoms with Gasteiger partial charge in [0.25, 0.3) is 0 Å². The molecule has 1 heteroatoms. The SMILES string of the molecule is Cc1cc(N)ccc1-c1ccc(Cc2ccccc2)cc1. The zero-order valence-electron chi connectivity index (χ0n) is 12.2. The molecule has 0 heterocycles. The molecule has 21 heavy (non-hydrogen) atoms. The van der Waals surface area contributed by atoms with Gasteiger partial charge < -0.3 is 5.73 Å². The largest absolute Gasteiger partial charge is 0.399 e. The van der Waals surface area contributed by atoms with Crippen molar-refractivity contribution in [3.63, 3.8) is 0 Å². The fraction of sp³-hybridized carbons (Fsp3) is 0.100. The predicted molar refractivity (Wildman–Crippen MR) is 90.3 cm³/mol. The molecule has 3 aromatic rings. The van der Waals surface area contributed by atoms with Gasteiger partial charge in [-0.2, -0.15) is 0 Å². The minimum Gasteiger partial charge on any atom is -0.399 e. The summed E-state index contributed by atoms with van der Waals surface area (Å²) >= 11 is 0. The van der Waals surface area contributed by atoms with E-state index < -0.39 is 0 Å². The Morgan fingerprint density at radius 2 is 1.43 bits per heavy atom. The number of aryl methyl sites for hydroxylation is 1. The first-order valence-electron chi connectivity index (χ1n) is 7.22. The van der Waals surface area contributed by atoms with Crippen LogP contribution in [0.4, 0.5) is 5.69 Å². The van der Waals surface area contributed by atoms with Crippen molar-refractivity contribution in [2.45, 2.75) is 13.3 Å². The van der Waals surface area contributed by atoms with E-state index >= 15 is 0 Å². The molecule has 3 rings (SSSR count). The maximum Gasteiger partial charge on any atom is 0.0317 e. The van der Waals surface area contributed by atoms with Crippen molar-refractivity contribution < 1.29 is 0 Å². The van der Waals surface area contributed by atoms with Crippen molar-refractivity contribution in [3.8, 4) is 11.1 Å². The van der Waals surface area contributed by atoms with Crippen molar-refractivity contribution in [1.29, 1.82) is 0 Å². The van der Waals surface area contributed by atoms with Crippen molar-refractivity contribution in [2.75, 3.05) is 5.73 Å². The van der Waals surface area contributed by atoms with E-state index in [0.29, 0.717) is 0 Å². The maximum atomic E-state index is 5.82. The topological polar surface area (TPSA) is 26.0 Å². The minimum atomic E-state index is 0.817. The molecule has 1 nitrogen and oxygen atoms in total. The normalized spacial score (nSPS) is 10.5. The van der Waals surface area contributed by atoms with Crippen molar-refractivity contribution >= 4 is 5.69 Å². The van der Waals surface area contributed by atoms with Crippen LogP contribution in [0.1, 0.15) is 16.7 Å². The second-order valence-electron chi connectivity index (χ2n) is 5.43. The van der Waals surface area contributed by atoms with Gasteiger partial charge in [-0.25, -0.2) is 0 Å². The summed E-state index contributed by atoms with van der Waals surface area (Å²) in [6, 6.07) is 25.4. The molecule has 0 unspecified atom stereocenters. The summed E-state index contributed by atoms with van der Waals surface area (Å²) < 4.78 is 0. The first kappa shape index (κ1) is 13.4. The fourth-order valence-corrected chi connectivity index (χ4v) is 2.64. The molecule has 2 N–H and O–H groups in total. The fourth-order valence-electron chi connectivity index (χ4n) is 2.64. The van der Waals surface area contributed by atoms with Crippen LogP contribution in [-0.2, 0) is 6.42 Å². The van der Waals surface area contributed by atoms with Gasteiger partial charge >= 0.3 is 0 Å². The van der Waals surface area contributed by atoms with Crippen LogP contribution in [0.15, 0.2) is 72.8 Å². The lowest BCUT2D eigenvalue weighted by Crippen LogP contribution is -1.90. The molecule has 3 aromatic carbocycles. The van der Waals surface area contributed by atoms with Gasteiger partial charge in [0.15, 0.2) is 0 Å². The Morgan fingerprint density at radius 1 is 0.762 bits per heavy atom. The van der Waals surface area contributed by atoms with E-state index in [4.69, 9.17) is 5.73 Å². The molecular formula is C20H19N. The first-order chi connectivity index (χ1) is 10.2. The third-order valence-electron chi connectivity index (χ3n) is 3.77. The summed E-state index contributed by atoms with van der Waals surface area (Å²) in [6.45, 7) is 2.10. The summed E-state index contributed by atoms with van der Waals surface area (Å²) in [5, 5.41) is 0. The van der Waals surface area contributed by atoms with Crippen molar-refractivity contribution in [3.05, 3.63) is 89.5 Å². The number of nitrogens with two attached hydrogens (primary N) is 1. The third-order valence-corrected chi connectivity index (χ3v) is 3.77. The predicted octanol–water partition coefficient (Wildman–Crippen LogP) is 4.84. The summed E-state index contributed by atoms with van der Waals surface area (Å²) in [7, 11) is 0. The molecule has 0 amide bonds. The van der Waals surface area contributed by atoms with Crippen LogP contribution in [0.25, 0.3) is 11.1 Å². The number of anilines is 1. The Morgan fingerprint density at radius 3 is 2.10 bits per heavy atom. The minimum absolute atomic E-state index is 0.817. The highest BCUT2D eigenvalue weighted by Gasteiger charge is 2.03. The van der Waals surface area contributed by atoms with Crippen LogP contribution in [0.2, 0.25) is 0 Å². The smallest absolute Gasteiger partial charge is 0.0317 e. The molecule has 0 aliphatic carbocycles. The Bertz CT molecular complexity index is 728. The van der Waals surface area contributed by atoms with E-state index in [1.807, 2.05) is 12.1 Å². The standard InChI is InChI=1S/C20H19N/c1-15-13-19(21)11-12-20(15)18-9-7-17(8-10-18)14-16-5-3-2-4-6-16/h2-13H,14,21H2,1H3. The van der Waals surface area contributed by atoms with E-state index in [1.165, 1.54) is 27.8 Å². The van der Waals surface area contributed by atoms with Crippen LogP contribution in [0.3, 0.4) is 0 Å². The molecule has 0 aliphatic rings. The molecule has 0 aromatic heterocycles. The number of nitrogen functional groups attached to an aromatic ring is 1. The quantitative estimate of drug-likeness (QED) is 0.679. The highest BCUT2D eigenvalue weighted by atomic mass is 14.5. The number of hydrogen-bond donors (Lipinski definition) is 1. The third kappa shape index (κ3) is 3.14. The van der Waals surface area contributed by atoms with Crippen LogP contribution < -0.4 is 5.73 Å². The van der Waals surface area contributed by atoms with Gasteiger partial charge in [0.05, 0.1) is 0 Å². The highest BCUT2D eigenvalue weighted by Crippen LogP contribution is 2.25. The van der Waals surface area contributed by atoms with Gasteiger partial charge in [0, 0.05) is 5.69 Å². The van der Waals surface area contributed by atoms with Crippen LogP contribution >= 0.6 is 0 Å². The van der Waals surface area contributed by atoms with Gasteiger partial charge in [0.2, 0.25) is 0 Å². The van der Waals surface area contributed by atoms with Crippen LogP contribution in [-0.4, -0.2) is 0 Å². The van der Waals surface area contributed by atoms with Crippen LogP contribution in [0, 0.1) is 6.92 Å². The number of hydrogen-bond acceptors (Lipinski definition) is 1. The Hall–Kier alpha value is -2.54. The molecule has 0 fully saturated rings. The van der Waals surface area contributed by atoms with E-state index in [0.717, 1.165) is 12.1 Å². The maximum absolute atomic E-state index is 5.82. The van der Waals surface area contributed by atoms with E-state index in [1.54, 1.807) is 0 Å². The lowest BCUT2D eigenvalue weighted by atomic mass is 9.97. The molecule has 0 bridgehead atoms. The summed E-state index contributed by atoms with van der Waals surface area (Å²) in [5.41, 5.74) is 13.0. The second-order valence-corrected chi connectivity index (χ2v) is 5.43. The molecule has 104 valence electrons. The number of rotatable bonds is 3. The van der Waals surface area contributed by atoms with Gasteiger partial charge in [-0.1, -0.05) is 60.7 Å². The molecule has 0 spiro atoms. The molecule has 0 radical (unpaired) electrons. The second kappa shape index (κ2) is 5.84. The Balaban J connectivity index is 1.84. The molecule has 0 aliphatic heterocycles. The molecule has 0 saturated heterocycles. The molecule has 0 atom stereocenters. The summed E-state index contributed by atoms with van der Waals surface area (Å²) in [6.07, 6.45) is 0.974. The van der Waals surface area contributed by atoms with E-state index in [2.05, 4.69) is 67.6 Å². The Kier molecular flexibility index (Phi) is 3.74. The lowest BCUT2D eigenvalue weighted by Gasteiger charge is -2.08. The molecular weight excluding hydrogens is 254 g/mol. The van der Waals surface area contributed by atoms with Gasteiger partial charge in [-0.05, 0) is 53.3 Å². The monoisotopic (exact) mass is 273 g/mol. The number of benzene rings is 3. The van der Waals surface area contributed by atoms with E-state index in [-0.39, 0.29) is 0 Å². The molecule has 0 saturated carbocycles. The van der Waals surface area contributed by atoms with Gasteiger partial charge in [-0.3, -0.25) is 0 Å². The zero-order chi connectivity index (χ0) is 14.7. The Labute approximate surface area is 126 Å². The average Bonchev–Trinajstić information content (AvgIpc) is 2.49. The van der Waals surface area contributed by atoms with Gasteiger partial charge in [0.1, 0.15) is 0 Å². The van der Waals surface area contributed by atoms with E-state index in [9.17, 15) is 0 Å². The summed E-state index contributed by atoms with van der Waals surface area (Å²) in [4.78, 5) is 0. The zero-order valence-corrected chi connectivity index (χ0v) is 12.2. The first-order valence-corrected chi connectivity index (χ1v) is 7.22. The van der Waals surface area contributed by atoms with Crippen LogP contribution in [0.5, 0.6) is 0 Å². The van der Waals surface area contributed by atoms with Crippen molar-refractivity contribution in [1.82, 2.24) is 0 Å².